The minimum Gasteiger partial charge on any atom is -0.381 e. The summed E-state index contributed by atoms with van der Waals surface area (Å²) in [6, 6.07) is 2.62. The molecule has 1 rings (SSSR count). The van der Waals surface area contributed by atoms with Crippen molar-refractivity contribution in [3.63, 3.8) is 0 Å². The molecule has 0 bridgehead atoms. The molecule has 0 saturated carbocycles. The summed E-state index contributed by atoms with van der Waals surface area (Å²) in [5.41, 5.74) is -5.08. The summed E-state index contributed by atoms with van der Waals surface area (Å²) >= 11 is 9.57. The highest BCUT2D eigenvalue weighted by atomic mass is 35.5. The fourth-order valence-electron chi connectivity index (χ4n) is 1.12. The minimum atomic E-state index is -4.59. The molecule has 1 N–H and O–H groups in total. The lowest BCUT2D eigenvalue weighted by atomic mass is 10.1. The predicted molar refractivity (Wildman–Crippen MR) is 59.1 cm³/mol. The van der Waals surface area contributed by atoms with Crippen LogP contribution >= 0.6 is 35.0 Å². The second kappa shape index (κ2) is 5.40. The molecule has 18 heavy (non-hydrogen) atoms. The number of aliphatic hydroxyl groups excluding tert-OH is 1. The molecule has 0 fully saturated rings. The molecule has 0 aliphatic heterocycles. The number of aliphatic hydroxyl groups is 1. The molecule has 9 heteroatoms. The lowest BCUT2D eigenvalue weighted by Crippen LogP contribution is -2.19. The molecule has 102 valence electrons. The molecular weight excluding hydrogens is 322 g/mol. The fraction of sp³-hybridized carbons (Fsp3) is 0.333. The fourth-order valence-corrected chi connectivity index (χ4v) is 2.21. The molecule has 1 aromatic rings. The summed E-state index contributed by atoms with van der Waals surface area (Å²) in [6.45, 7) is 0. The van der Waals surface area contributed by atoms with Crippen molar-refractivity contribution in [3.8, 4) is 0 Å². The van der Waals surface area contributed by atoms with E-state index in [1.807, 2.05) is 0 Å². The van der Waals surface area contributed by atoms with Crippen LogP contribution in [0.3, 0.4) is 0 Å². The van der Waals surface area contributed by atoms with E-state index in [0.717, 1.165) is 18.2 Å². The van der Waals surface area contributed by atoms with Crippen molar-refractivity contribution in [2.45, 2.75) is 21.9 Å². The van der Waals surface area contributed by atoms with Crippen LogP contribution in [0.25, 0.3) is 0 Å². The zero-order chi connectivity index (χ0) is 14.1. The summed E-state index contributed by atoms with van der Waals surface area (Å²) in [6.07, 6.45) is -2.44. The van der Waals surface area contributed by atoms with Crippen LogP contribution in [0.15, 0.2) is 23.1 Å². The van der Waals surface area contributed by atoms with E-state index in [9.17, 15) is 27.1 Å². The van der Waals surface area contributed by atoms with Gasteiger partial charge in [-0.2, -0.15) is 22.0 Å². The largest absolute Gasteiger partial charge is 0.446 e. The second-order valence-electron chi connectivity index (χ2n) is 3.21. The van der Waals surface area contributed by atoms with Crippen LogP contribution in [0, 0.1) is 0 Å². The Balaban J connectivity index is 3.09. The molecule has 0 saturated heterocycles. The Bertz CT molecular complexity index is 432. The van der Waals surface area contributed by atoms with Crippen LogP contribution < -0.4 is 0 Å². The Hall–Kier alpha value is -0.240. The van der Waals surface area contributed by atoms with E-state index in [1.165, 1.54) is 0 Å². The van der Waals surface area contributed by atoms with Crippen molar-refractivity contribution in [2.75, 3.05) is 0 Å². The van der Waals surface area contributed by atoms with Crippen LogP contribution in [0.1, 0.15) is 11.7 Å². The van der Waals surface area contributed by atoms with E-state index in [2.05, 4.69) is 11.6 Å². The summed E-state index contributed by atoms with van der Waals surface area (Å²) in [5, 5.41) is 4.97. The van der Waals surface area contributed by atoms with E-state index in [0.29, 0.717) is 0 Å². The highest BCUT2D eigenvalue weighted by Gasteiger charge is 2.37. The second-order valence-corrected chi connectivity index (χ2v) is 5.29. The molecule has 0 aliphatic carbocycles. The highest BCUT2D eigenvalue weighted by Crippen LogP contribution is 2.41. The summed E-state index contributed by atoms with van der Waals surface area (Å²) in [5.74, 6) is 0. The Labute approximate surface area is 113 Å². The quantitative estimate of drug-likeness (QED) is 0.488. The average Bonchev–Trinajstić information content (AvgIpc) is 2.11. The van der Waals surface area contributed by atoms with Gasteiger partial charge in [-0.15, -0.1) is 0 Å². The van der Waals surface area contributed by atoms with Gasteiger partial charge in [0.05, 0.1) is 0 Å². The van der Waals surface area contributed by atoms with Gasteiger partial charge in [-0.25, -0.2) is 0 Å². The first-order valence-corrected chi connectivity index (χ1v) is 5.87. The molecule has 0 radical (unpaired) electrons. The molecular formula is C9H5Cl2F5OS. The van der Waals surface area contributed by atoms with Gasteiger partial charge in [-0.3, -0.25) is 0 Å². The van der Waals surface area contributed by atoms with Crippen LogP contribution in [-0.4, -0.2) is 16.0 Å². The van der Waals surface area contributed by atoms with Gasteiger partial charge in [0, 0.05) is 9.92 Å². The van der Waals surface area contributed by atoms with Crippen molar-refractivity contribution in [1.82, 2.24) is 0 Å². The molecule has 1 nitrogen and oxygen atoms in total. The van der Waals surface area contributed by atoms with Crippen molar-refractivity contribution >= 4 is 35.0 Å². The number of thioether (sulfide) groups is 1. The van der Waals surface area contributed by atoms with Crippen LogP contribution in [0.2, 0.25) is 5.02 Å². The SMILES string of the molecule is OC(c1cc(Cl)cc(SC(F)(F)F)c1)C(F)(F)Cl. The van der Waals surface area contributed by atoms with Gasteiger partial charge >= 0.3 is 10.9 Å². The molecule has 0 heterocycles. The van der Waals surface area contributed by atoms with E-state index >= 15 is 0 Å². The van der Waals surface area contributed by atoms with Gasteiger partial charge < -0.3 is 5.11 Å². The number of alkyl halides is 6. The molecule has 0 spiro atoms. The normalized spacial score (nSPS) is 14.7. The minimum absolute atomic E-state index is 0.209. The van der Waals surface area contributed by atoms with Crippen LogP contribution in [-0.2, 0) is 0 Å². The Morgan fingerprint density at radius 3 is 2.11 bits per heavy atom. The Kier molecular flexibility index (Phi) is 4.75. The maximum Gasteiger partial charge on any atom is 0.446 e. The van der Waals surface area contributed by atoms with Gasteiger partial charge in [0.1, 0.15) is 0 Å². The maximum absolute atomic E-state index is 12.6. The Morgan fingerprint density at radius 2 is 1.67 bits per heavy atom. The van der Waals surface area contributed by atoms with Crippen molar-refractivity contribution in [1.29, 1.82) is 0 Å². The molecule has 0 amide bonds. The van der Waals surface area contributed by atoms with Gasteiger partial charge in [0.25, 0.3) is 0 Å². The number of rotatable bonds is 3. The first-order valence-electron chi connectivity index (χ1n) is 4.30. The number of hydrogen-bond donors (Lipinski definition) is 1. The first kappa shape index (κ1) is 15.8. The summed E-state index contributed by atoms with van der Waals surface area (Å²) < 4.78 is 61.7. The number of benzene rings is 1. The summed E-state index contributed by atoms with van der Waals surface area (Å²) in [7, 11) is 0. The maximum atomic E-state index is 12.6. The predicted octanol–water partition coefficient (Wildman–Crippen LogP) is 4.82. The Morgan fingerprint density at radius 1 is 1.11 bits per heavy atom. The summed E-state index contributed by atoms with van der Waals surface area (Å²) in [4.78, 5) is -0.412. The van der Waals surface area contributed by atoms with Crippen molar-refractivity contribution < 1.29 is 27.1 Å². The highest BCUT2D eigenvalue weighted by molar-refractivity contribution is 8.00. The van der Waals surface area contributed by atoms with Crippen LogP contribution in [0.4, 0.5) is 22.0 Å². The lowest BCUT2D eigenvalue weighted by molar-refractivity contribution is -0.0425. The van der Waals surface area contributed by atoms with Crippen molar-refractivity contribution in [2.24, 2.45) is 0 Å². The zero-order valence-electron chi connectivity index (χ0n) is 8.31. The topological polar surface area (TPSA) is 20.2 Å². The van der Waals surface area contributed by atoms with E-state index in [-0.39, 0.29) is 5.02 Å². The van der Waals surface area contributed by atoms with Gasteiger partial charge in [-0.1, -0.05) is 11.6 Å². The lowest BCUT2D eigenvalue weighted by Gasteiger charge is -2.17. The molecule has 1 aromatic carbocycles. The molecule has 0 aromatic heterocycles. The van der Waals surface area contributed by atoms with Crippen molar-refractivity contribution in [3.05, 3.63) is 28.8 Å². The molecule has 0 aliphatic rings. The van der Waals surface area contributed by atoms with E-state index < -0.39 is 39.2 Å². The molecule has 1 unspecified atom stereocenters. The third-order valence-corrected chi connectivity index (χ3v) is 2.88. The zero-order valence-corrected chi connectivity index (χ0v) is 10.6. The number of hydrogen-bond acceptors (Lipinski definition) is 2. The van der Waals surface area contributed by atoms with Gasteiger partial charge in [0.15, 0.2) is 6.10 Å². The molecule has 1 atom stereocenters. The van der Waals surface area contributed by atoms with E-state index in [1.54, 1.807) is 0 Å². The average molecular weight is 327 g/mol. The first-order chi connectivity index (χ1) is 7.99. The van der Waals surface area contributed by atoms with Gasteiger partial charge in [0.2, 0.25) is 0 Å². The van der Waals surface area contributed by atoms with E-state index in [4.69, 9.17) is 11.6 Å². The third-order valence-electron chi connectivity index (χ3n) is 1.75. The van der Waals surface area contributed by atoms with Crippen LogP contribution in [0.5, 0.6) is 0 Å². The third kappa shape index (κ3) is 4.79. The number of halogens is 7. The smallest absolute Gasteiger partial charge is 0.381 e. The van der Waals surface area contributed by atoms with Gasteiger partial charge in [-0.05, 0) is 47.1 Å². The monoisotopic (exact) mass is 326 g/mol. The standard InChI is InChI=1S/C9H5Cl2F5OS/c10-5-1-4(7(17)8(11,12)13)2-6(3-5)18-9(14,15)16/h1-3,7,17H.